The van der Waals surface area contributed by atoms with Gasteiger partial charge in [-0.05, 0) is 30.6 Å². The zero-order valence-electron chi connectivity index (χ0n) is 11.9. The fourth-order valence-corrected chi connectivity index (χ4v) is 3.78. The number of nitrogens with one attached hydrogen (secondary N) is 1. The summed E-state index contributed by atoms with van der Waals surface area (Å²) in [5.74, 6) is 2.54. The summed E-state index contributed by atoms with van der Waals surface area (Å²) >= 11 is 1.69. The van der Waals surface area contributed by atoms with Gasteiger partial charge in [0.25, 0.3) is 0 Å². The highest BCUT2D eigenvalue weighted by Crippen LogP contribution is 2.33. The molecule has 1 N–H and O–H groups in total. The van der Waals surface area contributed by atoms with Crippen molar-refractivity contribution in [1.82, 2.24) is 10.3 Å². The van der Waals surface area contributed by atoms with E-state index in [9.17, 15) is 0 Å². The quantitative estimate of drug-likeness (QED) is 0.878. The van der Waals surface area contributed by atoms with Crippen LogP contribution in [0.2, 0.25) is 0 Å². The lowest BCUT2D eigenvalue weighted by Crippen LogP contribution is -2.43. The minimum atomic E-state index is 0.715. The van der Waals surface area contributed by atoms with Crippen LogP contribution >= 0.6 is 11.3 Å². The lowest BCUT2D eigenvalue weighted by atomic mass is 9.74. The Kier molecular flexibility index (Phi) is 5.19. The minimum absolute atomic E-state index is 0.715. The molecular weight excluding hydrogens is 240 g/mol. The highest BCUT2D eigenvalue weighted by atomic mass is 32.1. The second kappa shape index (κ2) is 6.67. The van der Waals surface area contributed by atoms with Crippen molar-refractivity contribution in [2.45, 2.75) is 52.5 Å². The monoisotopic (exact) mass is 266 g/mol. The third kappa shape index (κ3) is 3.79. The largest absolute Gasteiger partial charge is 0.313 e. The maximum Gasteiger partial charge on any atom is 0.0794 e. The third-order valence-electron chi connectivity index (χ3n) is 4.29. The van der Waals surface area contributed by atoms with Crippen LogP contribution in [0.3, 0.4) is 0 Å². The van der Waals surface area contributed by atoms with Crippen molar-refractivity contribution in [2.75, 3.05) is 6.54 Å². The predicted molar refractivity (Wildman–Crippen MR) is 79.0 cm³/mol. The molecule has 0 saturated heterocycles. The van der Waals surface area contributed by atoms with Crippen molar-refractivity contribution >= 4 is 11.3 Å². The molecule has 0 amide bonds. The molecule has 2 nitrogen and oxygen atoms in total. The van der Waals surface area contributed by atoms with Crippen molar-refractivity contribution in [3.05, 3.63) is 16.6 Å². The first-order valence-corrected chi connectivity index (χ1v) is 8.21. The average Bonchev–Trinajstić information content (AvgIpc) is 2.82. The minimum Gasteiger partial charge on any atom is -0.313 e. The summed E-state index contributed by atoms with van der Waals surface area (Å²) in [6, 6.07) is 0.715. The summed E-state index contributed by atoms with van der Waals surface area (Å²) < 4.78 is 0. The van der Waals surface area contributed by atoms with Gasteiger partial charge < -0.3 is 5.32 Å². The first-order chi connectivity index (χ1) is 8.66. The molecule has 102 valence electrons. The molecule has 1 aliphatic rings. The zero-order valence-corrected chi connectivity index (χ0v) is 12.7. The Morgan fingerprint density at radius 3 is 2.94 bits per heavy atom. The van der Waals surface area contributed by atoms with E-state index in [0.717, 1.165) is 30.7 Å². The van der Waals surface area contributed by atoms with E-state index in [2.05, 4.69) is 36.5 Å². The molecule has 2 rings (SSSR count). The SMILES string of the molecule is CC1CCC(C(C)C)C(NCCc2cscn2)C1. The fourth-order valence-electron chi connectivity index (χ4n) is 3.18. The molecule has 3 unspecified atom stereocenters. The number of nitrogens with zero attached hydrogens (tertiary/aromatic N) is 1. The van der Waals surface area contributed by atoms with Crippen LogP contribution in [0, 0.1) is 17.8 Å². The second-order valence-corrected chi connectivity index (χ2v) is 6.84. The number of aromatic nitrogens is 1. The van der Waals surface area contributed by atoms with Crippen molar-refractivity contribution in [1.29, 1.82) is 0 Å². The molecule has 0 radical (unpaired) electrons. The van der Waals surface area contributed by atoms with Gasteiger partial charge in [-0.2, -0.15) is 0 Å². The summed E-state index contributed by atoms with van der Waals surface area (Å²) in [4.78, 5) is 4.35. The van der Waals surface area contributed by atoms with E-state index in [4.69, 9.17) is 0 Å². The van der Waals surface area contributed by atoms with Gasteiger partial charge in [-0.3, -0.25) is 0 Å². The van der Waals surface area contributed by atoms with Gasteiger partial charge in [-0.1, -0.05) is 27.2 Å². The molecule has 1 aromatic rings. The molecular formula is C15H26N2S. The van der Waals surface area contributed by atoms with Crippen LogP contribution < -0.4 is 5.32 Å². The summed E-state index contributed by atoms with van der Waals surface area (Å²) in [5.41, 5.74) is 3.16. The average molecular weight is 266 g/mol. The Labute approximate surface area is 115 Å². The highest BCUT2D eigenvalue weighted by molar-refractivity contribution is 7.07. The van der Waals surface area contributed by atoms with Crippen molar-refractivity contribution in [2.24, 2.45) is 17.8 Å². The van der Waals surface area contributed by atoms with E-state index in [1.165, 1.54) is 25.0 Å². The fraction of sp³-hybridized carbons (Fsp3) is 0.800. The summed E-state index contributed by atoms with van der Waals surface area (Å²) in [7, 11) is 0. The Bertz CT molecular complexity index is 334. The molecule has 0 aromatic carbocycles. The maximum absolute atomic E-state index is 4.35. The van der Waals surface area contributed by atoms with E-state index in [1.807, 2.05) is 5.51 Å². The van der Waals surface area contributed by atoms with Crippen molar-refractivity contribution in [3.63, 3.8) is 0 Å². The maximum atomic E-state index is 4.35. The van der Waals surface area contributed by atoms with Gasteiger partial charge in [-0.15, -0.1) is 11.3 Å². The lowest BCUT2D eigenvalue weighted by molar-refractivity contribution is 0.171. The Balaban J connectivity index is 1.81. The molecule has 3 atom stereocenters. The molecule has 0 spiro atoms. The van der Waals surface area contributed by atoms with Crippen LogP contribution in [0.5, 0.6) is 0 Å². The van der Waals surface area contributed by atoms with Gasteiger partial charge in [0.05, 0.1) is 11.2 Å². The topological polar surface area (TPSA) is 24.9 Å². The standard InChI is InChI=1S/C15H26N2S/c1-11(2)14-5-4-12(3)8-15(14)16-7-6-13-9-18-10-17-13/h9-12,14-16H,4-8H2,1-3H3. The van der Waals surface area contributed by atoms with Crippen LogP contribution in [0.4, 0.5) is 0 Å². The number of rotatable bonds is 5. The van der Waals surface area contributed by atoms with Crippen LogP contribution in [0.25, 0.3) is 0 Å². The van der Waals surface area contributed by atoms with E-state index < -0.39 is 0 Å². The third-order valence-corrected chi connectivity index (χ3v) is 4.93. The van der Waals surface area contributed by atoms with Gasteiger partial charge in [0, 0.05) is 24.4 Å². The predicted octanol–water partition coefficient (Wildman–Crippen LogP) is 3.74. The molecule has 0 bridgehead atoms. The van der Waals surface area contributed by atoms with Crippen molar-refractivity contribution in [3.8, 4) is 0 Å². The number of hydrogen-bond acceptors (Lipinski definition) is 3. The van der Waals surface area contributed by atoms with Gasteiger partial charge in [0.15, 0.2) is 0 Å². The lowest BCUT2D eigenvalue weighted by Gasteiger charge is -2.38. The molecule has 1 fully saturated rings. The Morgan fingerprint density at radius 2 is 2.28 bits per heavy atom. The smallest absolute Gasteiger partial charge is 0.0794 e. The van der Waals surface area contributed by atoms with Crippen LogP contribution in [0.1, 0.15) is 45.7 Å². The highest BCUT2D eigenvalue weighted by Gasteiger charge is 2.29. The first kappa shape index (κ1) is 14.0. The summed E-state index contributed by atoms with van der Waals surface area (Å²) in [5, 5.41) is 5.94. The van der Waals surface area contributed by atoms with Gasteiger partial charge in [0.2, 0.25) is 0 Å². The summed E-state index contributed by atoms with van der Waals surface area (Å²) in [6.45, 7) is 8.21. The summed E-state index contributed by atoms with van der Waals surface area (Å²) in [6.07, 6.45) is 5.22. The second-order valence-electron chi connectivity index (χ2n) is 6.12. The Morgan fingerprint density at radius 1 is 1.44 bits per heavy atom. The molecule has 1 aliphatic carbocycles. The molecule has 1 heterocycles. The normalized spacial score (nSPS) is 28.8. The van der Waals surface area contributed by atoms with E-state index in [1.54, 1.807) is 11.3 Å². The van der Waals surface area contributed by atoms with E-state index in [-0.39, 0.29) is 0 Å². The van der Waals surface area contributed by atoms with Gasteiger partial charge >= 0.3 is 0 Å². The van der Waals surface area contributed by atoms with Crippen LogP contribution in [-0.2, 0) is 6.42 Å². The molecule has 18 heavy (non-hydrogen) atoms. The Hall–Kier alpha value is -0.410. The zero-order chi connectivity index (χ0) is 13.0. The van der Waals surface area contributed by atoms with Crippen LogP contribution in [0.15, 0.2) is 10.9 Å². The van der Waals surface area contributed by atoms with Gasteiger partial charge in [-0.25, -0.2) is 4.98 Å². The van der Waals surface area contributed by atoms with Crippen molar-refractivity contribution < 1.29 is 0 Å². The van der Waals surface area contributed by atoms with Crippen LogP contribution in [-0.4, -0.2) is 17.6 Å². The first-order valence-electron chi connectivity index (χ1n) is 7.27. The number of hydrogen-bond donors (Lipinski definition) is 1. The molecule has 1 saturated carbocycles. The van der Waals surface area contributed by atoms with Gasteiger partial charge in [0.1, 0.15) is 0 Å². The molecule has 0 aliphatic heterocycles. The van der Waals surface area contributed by atoms with E-state index in [0.29, 0.717) is 6.04 Å². The molecule has 3 heteroatoms. The van der Waals surface area contributed by atoms with E-state index >= 15 is 0 Å². The molecule has 1 aromatic heterocycles. The number of thiazole rings is 1.